The molecule has 1 aromatic rings. The Balaban J connectivity index is 3.16. The van der Waals surface area contributed by atoms with Crippen LogP contribution in [0.2, 0.25) is 0 Å². The van der Waals surface area contributed by atoms with Gasteiger partial charge < -0.3 is 25.3 Å². The molecular formula is C18H28N2O5. The molecule has 0 saturated heterocycles. The first-order valence-corrected chi connectivity index (χ1v) is 8.52. The number of carbonyl (C=O) groups is 2. The minimum absolute atomic E-state index is 0.342. The van der Waals surface area contributed by atoms with Crippen LogP contribution in [0.4, 0.5) is 0 Å². The van der Waals surface area contributed by atoms with Crippen LogP contribution in [0.5, 0.6) is 17.2 Å². The fourth-order valence-electron chi connectivity index (χ4n) is 2.18. The standard InChI is InChI=1S/C18H28N2O5/c1-6-23-14-9-13(10-15(24-7-2)16(14)25-8-3)18(22)20-12(5)11(4)17(19)21/h9-12H,6-8H2,1-5H3,(H2,19,21)(H,20,22). The molecular weight excluding hydrogens is 324 g/mol. The predicted octanol–water partition coefficient (Wildman–Crippen LogP) is 2.12. The summed E-state index contributed by atoms with van der Waals surface area (Å²) in [7, 11) is 0. The quantitative estimate of drug-likeness (QED) is 0.672. The second-order valence-corrected chi connectivity index (χ2v) is 5.55. The van der Waals surface area contributed by atoms with E-state index in [4.69, 9.17) is 19.9 Å². The van der Waals surface area contributed by atoms with Crippen molar-refractivity contribution >= 4 is 11.8 Å². The lowest BCUT2D eigenvalue weighted by Crippen LogP contribution is -2.42. The van der Waals surface area contributed by atoms with Gasteiger partial charge in [-0.3, -0.25) is 9.59 Å². The summed E-state index contributed by atoms with van der Waals surface area (Å²) in [6, 6.07) is 2.81. The molecule has 2 amide bonds. The number of nitrogens with one attached hydrogen (secondary N) is 1. The largest absolute Gasteiger partial charge is 0.490 e. The van der Waals surface area contributed by atoms with Crippen molar-refractivity contribution in [1.82, 2.24) is 5.32 Å². The minimum atomic E-state index is -0.482. The van der Waals surface area contributed by atoms with Gasteiger partial charge in [0, 0.05) is 11.6 Å². The lowest BCUT2D eigenvalue weighted by Gasteiger charge is -2.20. The Morgan fingerprint density at radius 1 is 1.00 bits per heavy atom. The van der Waals surface area contributed by atoms with Crippen molar-refractivity contribution in [3.8, 4) is 17.2 Å². The number of primary amides is 1. The van der Waals surface area contributed by atoms with Crippen molar-refractivity contribution in [3.05, 3.63) is 17.7 Å². The molecule has 0 spiro atoms. The van der Waals surface area contributed by atoms with Gasteiger partial charge in [0.2, 0.25) is 11.7 Å². The van der Waals surface area contributed by atoms with Gasteiger partial charge in [-0.05, 0) is 39.8 Å². The van der Waals surface area contributed by atoms with Crippen LogP contribution < -0.4 is 25.3 Å². The number of hydrogen-bond donors (Lipinski definition) is 2. The van der Waals surface area contributed by atoms with Crippen molar-refractivity contribution in [2.75, 3.05) is 19.8 Å². The molecule has 0 aliphatic rings. The van der Waals surface area contributed by atoms with Gasteiger partial charge in [-0.1, -0.05) is 6.92 Å². The first-order valence-electron chi connectivity index (χ1n) is 8.52. The van der Waals surface area contributed by atoms with Crippen LogP contribution in [0.15, 0.2) is 12.1 Å². The van der Waals surface area contributed by atoms with Gasteiger partial charge in [0.05, 0.1) is 25.7 Å². The zero-order chi connectivity index (χ0) is 19.0. The first kappa shape index (κ1) is 20.6. The third kappa shape index (κ3) is 5.55. The first-order chi connectivity index (χ1) is 11.8. The second kappa shape index (κ2) is 9.76. The van der Waals surface area contributed by atoms with Gasteiger partial charge >= 0.3 is 0 Å². The summed E-state index contributed by atoms with van der Waals surface area (Å²) in [4.78, 5) is 23.8. The van der Waals surface area contributed by atoms with Gasteiger partial charge in [-0.25, -0.2) is 0 Å². The second-order valence-electron chi connectivity index (χ2n) is 5.55. The van der Waals surface area contributed by atoms with Gasteiger partial charge in [-0.2, -0.15) is 0 Å². The van der Waals surface area contributed by atoms with E-state index in [9.17, 15) is 9.59 Å². The van der Waals surface area contributed by atoms with E-state index >= 15 is 0 Å². The summed E-state index contributed by atoms with van der Waals surface area (Å²) >= 11 is 0. The maximum atomic E-state index is 12.5. The summed E-state index contributed by atoms with van der Waals surface area (Å²) in [5, 5.41) is 2.78. The molecule has 2 atom stereocenters. The zero-order valence-electron chi connectivity index (χ0n) is 15.5. The van der Waals surface area contributed by atoms with E-state index in [0.29, 0.717) is 42.6 Å². The summed E-state index contributed by atoms with van der Waals surface area (Å²) in [6.45, 7) is 10.2. The average Bonchev–Trinajstić information content (AvgIpc) is 2.56. The van der Waals surface area contributed by atoms with E-state index in [1.165, 1.54) is 0 Å². The van der Waals surface area contributed by atoms with E-state index in [1.807, 2.05) is 20.8 Å². The lowest BCUT2D eigenvalue weighted by atomic mass is 10.0. The molecule has 0 aromatic heterocycles. The summed E-state index contributed by atoms with van der Waals surface area (Å²) in [5.74, 6) is 0.0628. The summed E-state index contributed by atoms with van der Waals surface area (Å²) in [6.07, 6.45) is 0. The van der Waals surface area contributed by atoms with Crippen molar-refractivity contribution in [1.29, 1.82) is 0 Å². The monoisotopic (exact) mass is 352 g/mol. The predicted molar refractivity (Wildman–Crippen MR) is 95.2 cm³/mol. The molecule has 0 radical (unpaired) electrons. The molecule has 0 aliphatic carbocycles. The van der Waals surface area contributed by atoms with Crippen LogP contribution in [0.1, 0.15) is 45.0 Å². The molecule has 140 valence electrons. The third-order valence-electron chi connectivity index (χ3n) is 3.73. The highest BCUT2D eigenvalue weighted by Gasteiger charge is 2.22. The average molecular weight is 352 g/mol. The van der Waals surface area contributed by atoms with Crippen LogP contribution >= 0.6 is 0 Å². The summed E-state index contributed by atoms with van der Waals surface area (Å²) in [5.41, 5.74) is 5.65. The van der Waals surface area contributed by atoms with E-state index in [2.05, 4.69) is 5.32 Å². The molecule has 25 heavy (non-hydrogen) atoms. The fraction of sp³-hybridized carbons (Fsp3) is 0.556. The number of nitrogens with two attached hydrogens (primary N) is 1. The molecule has 7 heteroatoms. The molecule has 1 rings (SSSR count). The molecule has 0 fully saturated rings. The molecule has 0 saturated carbocycles. The highest BCUT2D eigenvalue weighted by molar-refractivity contribution is 5.96. The normalized spacial score (nSPS) is 12.8. The van der Waals surface area contributed by atoms with Crippen molar-refractivity contribution in [2.24, 2.45) is 11.7 Å². The van der Waals surface area contributed by atoms with Crippen LogP contribution in [-0.4, -0.2) is 37.7 Å². The maximum Gasteiger partial charge on any atom is 0.251 e. The van der Waals surface area contributed by atoms with Gasteiger partial charge in [0.25, 0.3) is 5.91 Å². The number of benzene rings is 1. The van der Waals surface area contributed by atoms with E-state index in [1.54, 1.807) is 26.0 Å². The van der Waals surface area contributed by atoms with Crippen LogP contribution in [0.25, 0.3) is 0 Å². The number of ether oxygens (including phenoxy) is 3. The van der Waals surface area contributed by atoms with Crippen LogP contribution in [-0.2, 0) is 4.79 Å². The smallest absolute Gasteiger partial charge is 0.251 e. The highest BCUT2D eigenvalue weighted by Crippen LogP contribution is 2.39. The minimum Gasteiger partial charge on any atom is -0.490 e. The van der Waals surface area contributed by atoms with Gasteiger partial charge in [0.1, 0.15) is 0 Å². The van der Waals surface area contributed by atoms with Crippen LogP contribution in [0, 0.1) is 5.92 Å². The number of rotatable bonds is 10. The molecule has 2 unspecified atom stereocenters. The Morgan fingerprint density at radius 2 is 1.48 bits per heavy atom. The Bertz CT molecular complexity index is 576. The van der Waals surface area contributed by atoms with E-state index < -0.39 is 17.9 Å². The molecule has 0 aliphatic heterocycles. The van der Waals surface area contributed by atoms with Gasteiger partial charge in [0.15, 0.2) is 11.5 Å². The third-order valence-corrected chi connectivity index (χ3v) is 3.73. The maximum absolute atomic E-state index is 12.5. The molecule has 0 heterocycles. The Kier molecular flexibility index (Phi) is 8.04. The fourth-order valence-corrected chi connectivity index (χ4v) is 2.18. The molecule has 7 nitrogen and oxygen atoms in total. The summed E-state index contributed by atoms with van der Waals surface area (Å²) < 4.78 is 16.8. The van der Waals surface area contributed by atoms with Gasteiger partial charge in [-0.15, -0.1) is 0 Å². The van der Waals surface area contributed by atoms with E-state index in [0.717, 1.165) is 0 Å². The lowest BCUT2D eigenvalue weighted by molar-refractivity contribution is -0.121. The Labute approximate surface area is 148 Å². The number of carbonyl (C=O) groups excluding carboxylic acids is 2. The SMILES string of the molecule is CCOc1cc(C(=O)NC(C)C(C)C(N)=O)cc(OCC)c1OCC. The van der Waals surface area contributed by atoms with E-state index in [-0.39, 0.29) is 5.91 Å². The molecule has 0 bridgehead atoms. The zero-order valence-corrected chi connectivity index (χ0v) is 15.5. The number of amides is 2. The van der Waals surface area contributed by atoms with Crippen molar-refractivity contribution in [3.63, 3.8) is 0 Å². The Morgan fingerprint density at radius 3 is 1.88 bits per heavy atom. The number of hydrogen-bond acceptors (Lipinski definition) is 5. The van der Waals surface area contributed by atoms with Crippen LogP contribution in [0.3, 0.4) is 0 Å². The molecule has 1 aromatic carbocycles. The molecule has 3 N–H and O–H groups in total. The topological polar surface area (TPSA) is 99.9 Å². The highest BCUT2D eigenvalue weighted by atomic mass is 16.5. The van der Waals surface area contributed by atoms with Crippen molar-refractivity contribution < 1.29 is 23.8 Å². The Hall–Kier alpha value is -2.44. The van der Waals surface area contributed by atoms with Crippen molar-refractivity contribution in [2.45, 2.75) is 40.7 Å².